The summed E-state index contributed by atoms with van der Waals surface area (Å²) in [7, 11) is 1.75. The van der Waals surface area contributed by atoms with Crippen LogP contribution in [0.25, 0.3) is 5.57 Å². The van der Waals surface area contributed by atoms with Gasteiger partial charge in [0.05, 0.1) is 18.2 Å². The second-order valence-corrected chi connectivity index (χ2v) is 8.10. The number of halogens is 1. The highest BCUT2D eigenvalue weighted by atomic mass is 19.1. The van der Waals surface area contributed by atoms with Crippen molar-refractivity contribution in [3.63, 3.8) is 0 Å². The first-order chi connectivity index (χ1) is 15.9. The number of ether oxygens (including phenoxy) is 1. The number of rotatable bonds is 7. The van der Waals surface area contributed by atoms with Gasteiger partial charge in [0.1, 0.15) is 17.3 Å². The van der Waals surface area contributed by atoms with Crippen molar-refractivity contribution < 1.29 is 18.7 Å². The van der Waals surface area contributed by atoms with E-state index in [-0.39, 0.29) is 29.5 Å². The first-order valence-electron chi connectivity index (χ1n) is 10.8. The van der Waals surface area contributed by atoms with E-state index in [2.05, 4.69) is 0 Å². The zero-order valence-electron chi connectivity index (χ0n) is 18.8. The molecule has 0 saturated heterocycles. The number of hydrogen-bond acceptors (Lipinski definition) is 4. The van der Waals surface area contributed by atoms with Crippen molar-refractivity contribution in [2.45, 2.75) is 26.5 Å². The number of anilines is 1. The topological polar surface area (TPSA) is 49.9 Å². The summed E-state index contributed by atoms with van der Waals surface area (Å²) in [5, 5.41) is 0. The molecule has 1 aliphatic heterocycles. The van der Waals surface area contributed by atoms with Crippen LogP contribution in [0.3, 0.4) is 0 Å². The summed E-state index contributed by atoms with van der Waals surface area (Å²) in [4.78, 5) is 29.8. The zero-order valence-corrected chi connectivity index (χ0v) is 18.8. The molecule has 0 aromatic heterocycles. The summed E-state index contributed by atoms with van der Waals surface area (Å²) in [6.45, 7) is 3.72. The van der Waals surface area contributed by atoms with Gasteiger partial charge in [-0.3, -0.25) is 14.5 Å². The minimum Gasteiger partial charge on any atom is -0.491 e. The van der Waals surface area contributed by atoms with E-state index in [0.717, 1.165) is 10.6 Å². The molecule has 2 amide bonds. The summed E-state index contributed by atoms with van der Waals surface area (Å²) in [6.07, 6.45) is 0.0146. The van der Waals surface area contributed by atoms with E-state index >= 15 is 0 Å². The summed E-state index contributed by atoms with van der Waals surface area (Å²) in [6, 6.07) is 22.6. The van der Waals surface area contributed by atoms with Gasteiger partial charge in [0, 0.05) is 18.3 Å². The highest BCUT2D eigenvalue weighted by molar-refractivity contribution is 6.36. The summed E-state index contributed by atoms with van der Waals surface area (Å²) >= 11 is 0. The van der Waals surface area contributed by atoms with Crippen LogP contribution in [0.15, 0.2) is 84.6 Å². The molecule has 0 N–H and O–H groups in total. The van der Waals surface area contributed by atoms with Crippen LogP contribution in [-0.4, -0.2) is 29.9 Å². The number of carbonyl (C=O) groups is 2. The summed E-state index contributed by atoms with van der Waals surface area (Å²) in [5.41, 5.74) is 2.17. The van der Waals surface area contributed by atoms with E-state index in [1.54, 1.807) is 54.4 Å². The average molecular weight is 445 g/mol. The van der Waals surface area contributed by atoms with Gasteiger partial charge in [-0.15, -0.1) is 0 Å². The van der Waals surface area contributed by atoms with E-state index in [0.29, 0.717) is 11.3 Å². The molecular weight excluding hydrogens is 419 g/mol. The average Bonchev–Trinajstić information content (AvgIpc) is 3.05. The van der Waals surface area contributed by atoms with Gasteiger partial charge in [0.15, 0.2) is 0 Å². The largest absolute Gasteiger partial charge is 0.491 e. The maximum absolute atomic E-state index is 14.3. The molecule has 0 bridgehead atoms. The molecule has 0 spiro atoms. The molecule has 1 aliphatic rings. The number of amides is 2. The second kappa shape index (κ2) is 9.28. The standard InChI is InChI=1S/C27H25FN2O3/c1-18(2)33-22-15-13-19(14-16-22)24-25(29(3)21-10-5-4-6-11-21)27(32)30(26(24)31)17-20-9-7-8-12-23(20)28/h4-16,18H,17H2,1-3H3. The zero-order chi connectivity index (χ0) is 23.5. The molecule has 0 radical (unpaired) electrons. The van der Waals surface area contributed by atoms with Gasteiger partial charge in [-0.05, 0) is 49.7 Å². The van der Waals surface area contributed by atoms with Crippen LogP contribution < -0.4 is 9.64 Å². The fourth-order valence-corrected chi connectivity index (χ4v) is 3.83. The lowest BCUT2D eigenvalue weighted by Crippen LogP contribution is -2.34. The first-order valence-corrected chi connectivity index (χ1v) is 10.8. The van der Waals surface area contributed by atoms with Crippen LogP contribution in [0.2, 0.25) is 0 Å². The third-order valence-corrected chi connectivity index (χ3v) is 5.42. The van der Waals surface area contributed by atoms with Gasteiger partial charge < -0.3 is 9.64 Å². The van der Waals surface area contributed by atoms with E-state index < -0.39 is 17.6 Å². The Labute approximate surface area is 192 Å². The smallest absolute Gasteiger partial charge is 0.278 e. The SMILES string of the molecule is CC(C)Oc1ccc(C2=C(N(C)c3ccccc3)C(=O)N(Cc3ccccc3F)C2=O)cc1. The fraction of sp³-hybridized carbons (Fsp3) is 0.185. The summed E-state index contributed by atoms with van der Waals surface area (Å²) < 4.78 is 20.0. The molecule has 0 unspecified atom stereocenters. The molecule has 0 atom stereocenters. The van der Waals surface area contributed by atoms with E-state index in [1.807, 2.05) is 44.2 Å². The van der Waals surface area contributed by atoms with Gasteiger partial charge in [0.25, 0.3) is 11.8 Å². The van der Waals surface area contributed by atoms with Crippen molar-refractivity contribution in [1.82, 2.24) is 4.90 Å². The number of hydrogen-bond donors (Lipinski definition) is 0. The number of nitrogens with zero attached hydrogens (tertiary/aromatic N) is 2. The molecule has 3 aromatic carbocycles. The molecule has 33 heavy (non-hydrogen) atoms. The molecule has 0 aliphatic carbocycles. The lowest BCUT2D eigenvalue weighted by Gasteiger charge is -2.21. The van der Waals surface area contributed by atoms with Crippen LogP contribution >= 0.6 is 0 Å². The Balaban J connectivity index is 1.77. The van der Waals surface area contributed by atoms with Crippen LogP contribution in [0, 0.1) is 5.82 Å². The van der Waals surface area contributed by atoms with Gasteiger partial charge >= 0.3 is 0 Å². The Hall–Kier alpha value is -3.93. The Morgan fingerprint density at radius 3 is 2.15 bits per heavy atom. The highest BCUT2D eigenvalue weighted by Crippen LogP contribution is 2.35. The molecule has 1 heterocycles. The van der Waals surface area contributed by atoms with Crippen molar-refractivity contribution in [2.75, 3.05) is 11.9 Å². The Morgan fingerprint density at radius 2 is 1.52 bits per heavy atom. The highest BCUT2D eigenvalue weighted by Gasteiger charge is 2.41. The maximum Gasteiger partial charge on any atom is 0.278 e. The normalized spacial score (nSPS) is 13.8. The van der Waals surface area contributed by atoms with E-state index in [9.17, 15) is 14.0 Å². The van der Waals surface area contributed by atoms with E-state index in [4.69, 9.17) is 4.74 Å². The Bertz CT molecular complexity index is 1200. The van der Waals surface area contributed by atoms with E-state index in [1.165, 1.54) is 6.07 Å². The molecule has 168 valence electrons. The second-order valence-electron chi connectivity index (χ2n) is 8.10. The maximum atomic E-state index is 14.3. The number of para-hydroxylation sites is 1. The predicted molar refractivity (Wildman–Crippen MR) is 126 cm³/mol. The lowest BCUT2D eigenvalue weighted by molar-refractivity contribution is -0.137. The van der Waals surface area contributed by atoms with Crippen molar-refractivity contribution in [1.29, 1.82) is 0 Å². The third-order valence-electron chi connectivity index (χ3n) is 5.42. The van der Waals surface area contributed by atoms with Crippen molar-refractivity contribution >= 4 is 23.1 Å². The number of likely N-dealkylation sites (N-methyl/N-ethyl adjacent to an activating group) is 1. The molecular formula is C27H25FN2O3. The van der Waals surface area contributed by atoms with Gasteiger partial charge in [-0.1, -0.05) is 48.5 Å². The molecule has 0 fully saturated rings. The minimum atomic E-state index is -0.466. The minimum absolute atomic E-state index is 0.0146. The van der Waals surface area contributed by atoms with Crippen molar-refractivity contribution in [3.05, 3.63) is 102 Å². The van der Waals surface area contributed by atoms with Crippen LogP contribution in [0.4, 0.5) is 10.1 Å². The van der Waals surface area contributed by atoms with Crippen molar-refractivity contribution in [2.24, 2.45) is 0 Å². The Morgan fingerprint density at radius 1 is 0.879 bits per heavy atom. The lowest BCUT2D eigenvalue weighted by atomic mass is 10.0. The predicted octanol–water partition coefficient (Wildman–Crippen LogP) is 5.03. The van der Waals surface area contributed by atoms with Crippen LogP contribution in [0.5, 0.6) is 5.75 Å². The third kappa shape index (κ3) is 4.51. The van der Waals surface area contributed by atoms with Gasteiger partial charge in [-0.2, -0.15) is 0 Å². The van der Waals surface area contributed by atoms with Crippen LogP contribution in [0.1, 0.15) is 25.0 Å². The van der Waals surface area contributed by atoms with Gasteiger partial charge in [0.2, 0.25) is 0 Å². The Kier molecular flexibility index (Phi) is 6.27. The molecule has 6 heteroatoms. The summed E-state index contributed by atoms with van der Waals surface area (Å²) in [5.74, 6) is -0.710. The fourth-order valence-electron chi connectivity index (χ4n) is 3.83. The van der Waals surface area contributed by atoms with Gasteiger partial charge in [-0.25, -0.2) is 4.39 Å². The first kappa shape index (κ1) is 22.3. The molecule has 5 nitrogen and oxygen atoms in total. The molecule has 3 aromatic rings. The molecule has 4 rings (SSSR count). The quantitative estimate of drug-likeness (QED) is 0.480. The van der Waals surface area contributed by atoms with Crippen LogP contribution in [-0.2, 0) is 16.1 Å². The molecule has 0 saturated carbocycles. The monoisotopic (exact) mass is 444 g/mol. The number of imide groups is 1. The van der Waals surface area contributed by atoms with Crippen molar-refractivity contribution in [3.8, 4) is 5.75 Å². The number of benzene rings is 3. The number of carbonyl (C=O) groups excluding carboxylic acids is 2.